The molecule has 2 heteroatoms. The molecule has 0 atom stereocenters. The maximum Gasteiger partial charge on any atom is 0.150 e. The minimum atomic E-state index is 0.271. The molecular formula is C13H18O2. The van der Waals surface area contributed by atoms with Crippen LogP contribution in [0.1, 0.15) is 48.2 Å². The summed E-state index contributed by atoms with van der Waals surface area (Å²) in [5.41, 5.74) is 2.71. The highest BCUT2D eigenvalue weighted by Crippen LogP contribution is 2.23. The van der Waals surface area contributed by atoms with Gasteiger partial charge in [-0.1, -0.05) is 26.7 Å². The summed E-state index contributed by atoms with van der Waals surface area (Å²) in [5, 5.41) is 9.55. The van der Waals surface area contributed by atoms with E-state index in [2.05, 4.69) is 13.8 Å². The number of benzene rings is 1. The van der Waals surface area contributed by atoms with Crippen LogP contribution < -0.4 is 0 Å². The normalized spacial score (nSPS) is 10.3. The van der Waals surface area contributed by atoms with Gasteiger partial charge in [0.2, 0.25) is 0 Å². The van der Waals surface area contributed by atoms with Crippen LogP contribution in [-0.4, -0.2) is 11.4 Å². The summed E-state index contributed by atoms with van der Waals surface area (Å²) in [7, 11) is 0. The predicted molar refractivity (Wildman–Crippen MR) is 61.5 cm³/mol. The van der Waals surface area contributed by atoms with Crippen molar-refractivity contribution in [2.45, 2.75) is 39.5 Å². The van der Waals surface area contributed by atoms with Crippen molar-refractivity contribution in [3.63, 3.8) is 0 Å². The Morgan fingerprint density at radius 3 is 1.93 bits per heavy atom. The van der Waals surface area contributed by atoms with E-state index in [1.165, 1.54) is 0 Å². The largest absolute Gasteiger partial charge is 0.508 e. The molecule has 0 saturated carbocycles. The van der Waals surface area contributed by atoms with Crippen LogP contribution in [0.15, 0.2) is 12.1 Å². The molecule has 0 aromatic heterocycles. The lowest BCUT2D eigenvalue weighted by atomic mass is 9.96. The maximum absolute atomic E-state index is 11.0. The fraction of sp³-hybridized carbons (Fsp3) is 0.462. The number of carbonyl (C=O) groups is 1. The number of hydrogen-bond acceptors (Lipinski definition) is 2. The first-order chi connectivity index (χ1) is 7.22. The fourth-order valence-corrected chi connectivity index (χ4v) is 1.86. The molecule has 2 nitrogen and oxygen atoms in total. The Hall–Kier alpha value is -1.31. The number of aldehydes is 1. The summed E-state index contributed by atoms with van der Waals surface area (Å²) in [6.45, 7) is 4.14. The van der Waals surface area contributed by atoms with E-state index in [0.717, 1.165) is 48.7 Å². The second-order valence-corrected chi connectivity index (χ2v) is 3.80. The molecular weight excluding hydrogens is 188 g/mol. The number of phenols is 1. The zero-order chi connectivity index (χ0) is 11.3. The lowest BCUT2D eigenvalue weighted by Crippen LogP contribution is -1.99. The van der Waals surface area contributed by atoms with E-state index in [1.807, 2.05) is 0 Å². The van der Waals surface area contributed by atoms with Gasteiger partial charge in [-0.3, -0.25) is 4.79 Å². The van der Waals surface area contributed by atoms with Crippen LogP contribution in [0.4, 0.5) is 0 Å². The van der Waals surface area contributed by atoms with Gasteiger partial charge in [0, 0.05) is 5.56 Å². The minimum absolute atomic E-state index is 0.271. The van der Waals surface area contributed by atoms with Crippen LogP contribution in [0.2, 0.25) is 0 Å². The molecule has 1 rings (SSSR count). The molecule has 0 aliphatic carbocycles. The van der Waals surface area contributed by atoms with Gasteiger partial charge in [0.25, 0.3) is 0 Å². The Labute approximate surface area is 90.9 Å². The van der Waals surface area contributed by atoms with E-state index < -0.39 is 0 Å². The quantitative estimate of drug-likeness (QED) is 0.751. The van der Waals surface area contributed by atoms with Crippen LogP contribution in [0.25, 0.3) is 0 Å². The number of carbonyl (C=O) groups excluding carboxylic acids is 1. The third kappa shape index (κ3) is 2.82. The van der Waals surface area contributed by atoms with Gasteiger partial charge in [-0.05, 0) is 36.1 Å². The van der Waals surface area contributed by atoms with Crippen molar-refractivity contribution in [2.75, 3.05) is 0 Å². The third-order valence-corrected chi connectivity index (χ3v) is 2.49. The smallest absolute Gasteiger partial charge is 0.150 e. The molecule has 0 radical (unpaired) electrons. The highest BCUT2D eigenvalue weighted by atomic mass is 16.3. The first-order valence-electron chi connectivity index (χ1n) is 5.52. The monoisotopic (exact) mass is 206 g/mol. The highest BCUT2D eigenvalue weighted by molar-refractivity contribution is 5.80. The van der Waals surface area contributed by atoms with E-state index in [1.54, 1.807) is 12.1 Å². The van der Waals surface area contributed by atoms with Crippen LogP contribution >= 0.6 is 0 Å². The van der Waals surface area contributed by atoms with E-state index in [0.29, 0.717) is 0 Å². The van der Waals surface area contributed by atoms with E-state index >= 15 is 0 Å². The molecule has 82 valence electrons. The van der Waals surface area contributed by atoms with Crippen molar-refractivity contribution >= 4 is 6.29 Å². The third-order valence-electron chi connectivity index (χ3n) is 2.49. The summed E-state index contributed by atoms with van der Waals surface area (Å²) in [4.78, 5) is 11.0. The Morgan fingerprint density at radius 2 is 1.60 bits per heavy atom. The topological polar surface area (TPSA) is 37.3 Å². The second-order valence-electron chi connectivity index (χ2n) is 3.80. The molecule has 1 aromatic rings. The van der Waals surface area contributed by atoms with Crippen LogP contribution in [-0.2, 0) is 12.8 Å². The Kier molecular flexibility index (Phi) is 4.35. The molecule has 1 aromatic carbocycles. The average Bonchev–Trinajstić information content (AvgIpc) is 2.18. The Bertz CT molecular complexity index is 315. The molecule has 15 heavy (non-hydrogen) atoms. The summed E-state index contributed by atoms with van der Waals surface area (Å²) in [5.74, 6) is 0.271. The maximum atomic E-state index is 11.0. The summed E-state index contributed by atoms with van der Waals surface area (Å²) in [6.07, 6.45) is 4.57. The Morgan fingerprint density at radius 1 is 1.13 bits per heavy atom. The van der Waals surface area contributed by atoms with Gasteiger partial charge in [0.05, 0.1) is 0 Å². The molecule has 0 amide bonds. The van der Waals surface area contributed by atoms with Gasteiger partial charge < -0.3 is 5.11 Å². The van der Waals surface area contributed by atoms with Crippen LogP contribution in [0, 0.1) is 0 Å². The van der Waals surface area contributed by atoms with Crippen molar-refractivity contribution in [2.24, 2.45) is 0 Å². The van der Waals surface area contributed by atoms with Gasteiger partial charge in [0.1, 0.15) is 5.75 Å². The van der Waals surface area contributed by atoms with Gasteiger partial charge in [-0.2, -0.15) is 0 Å². The van der Waals surface area contributed by atoms with Gasteiger partial charge in [0.15, 0.2) is 6.29 Å². The molecule has 0 unspecified atom stereocenters. The first-order valence-corrected chi connectivity index (χ1v) is 5.52. The summed E-state index contributed by atoms with van der Waals surface area (Å²) >= 11 is 0. The first kappa shape index (κ1) is 11.8. The number of phenolic OH excluding ortho intramolecular Hbond substituents is 1. The molecule has 0 aliphatic heterocycles. The summed E-state index contributed by atoms with van der Waals surface area (Å²) in [6, 6.07) is 3.40. The van der Waals surface area contributed by atoms with Crippen molar-refractivity contribution in [1.82, 2.24) is 0 Å². The fourth-order valence-electron chi connectivity index (χ4n) is 1.86. The molecule has 1 N–H and O–H groups in total. The van der Waals surface area contributed by atoms with Gasteiger partial charge in [-0.25, -0.2) is 0 Å². The lowest BCUT2D eigenvalue weighted by Gasteiger charge is -2.10. The van der Waals surface area contributed by atoms with Crippen molar-refractivity contribution in [3.05, 3.63) is 28.8 Å². The van der Waals surface area contributed by atoms with Crippen molar-refractivity contribution < 1.29 is 9.90 Å². The minimum Gasteiger partial charge on any atom is -0.508 e. The van der Waals surface area contributed by atoms with Gasteiger partial charge in [-0.15, -0.1) is 0 Å². The van der Waals surface area contributed by atoms with Gasteiger partial charge >= 0.3 is 0 Å². The molecule has 0 aliphatic rings. The zero-order valence-corrected chi connectivity index (χ0v) is 9.42. The lowest BCUT2D eigenvalue weighted by molar-refractivity contribution is 0.112. The van der Waals surface area contributed by atoms with E-state index in [-0.39, 0.29) is 5.75 Å². The molecule has 0 heterocycles. The van der Waals surface area contributed by atoms with E-state index in [4.69, 9.17) is 0 Å². The van der Waals surface area contributed by atoms with Crippen molar-refractivity contribution in [1.29, 1.82) is 0 Å². The standard InChI is InChI=1S/C13H18O2/c1-3-5-10-7-12(15)8-11(6-4-2)13(10)9-14/h7-9,15H,3-6H2,1-2H3. The number of aryl methyl sites for hydroxylation is 2. The van der Waals surface area contributed by atoms with Crippen LogP contribution in [0.3, 0.4) is 0 Å². The van der Waals surface area contributed by atoms with Crippen molar-refractivity contribution in [3.8, 4) is 5.75 Å². The summed E-state index contributed by atoms with van der Waals surface area (Å²) < 4.78 is 0. The highest BCUT2D eigenvalue weighted by Gasteiger charge is 2.08. The molecule has 0 fully saturated rings. The number of aromatic hydroxyl groups is 1. The SMILES string of the molecule is CCCc1cc(O)cc(CCC)c1C=O. The molecule has 0 saturated heterocycles. The predicted octanol–water partition coefficient (Wildman–Crippen LogP) is 3.11. The number of rotatable bonds is 5. The number of hydrogen-bond donors (Lipinski definition) is 1. The Balaban J connectivity index is 3.18. The second kappa shape index (κ2) is 5.54. The van der Waals surface area contributed by atoms with E-state index in [9.17, 15) is 9.90 Å². The zero-order valence-electron chi connectivity index (χ0n) is 9.42. The average molecular weight is 206 g/mol. The molecule has 0 spiro atoms. The molecule has 0 bridgehead atoms. The van der Waals surface area contributed by atoms with Crippen LogP contribution in [0.5, 0.6) is 5.75 Å².